The van der Waals surface area contributed by atoms with E-state index in [1.165, 1.54) is 38.5 Å². The third-order valence-electron chi connectivity index (χ3n) is 3.13. The van der Waals surface area contributed by atoms with Crippen LogP contribution in [0.2, 0.25) is 0 Å². The summed E-state index contributed by atoms with van der Waals surface area (Å²) in [5.41, 5.74) is 0.455. The number of hydrogen-bond donors (Lipinski definition) is 1. The van der Waals surface area contributed by atoms with Crippen molar-refractivity contribution < 1.29 is 28.9 Å². The Bertz CT molecular complexity index is 723. The molecule has 1 N–H and O–H groups in total. The van der Waals surface area contributed by atoms with E-state index in [0.717, 1.165) is 0 Å². The van der Waals surface area contributed by atoms with Gasteiger partial charge in [-0.05, 0) is 30.3 Å². The summed E-state index contributed by atoms with van der Waals surface area (Å²) in [7, 11) is 2.94. The van der Waals surface area contributed by atoms with Crippen LogP contribution >= 0.6 is 0 Å². The summed E-state index contributed by atoms with van der Waals surface area (Å²) in [4.78, 5) is 24.0. The first-order valence-corrected chi connectivity index (χ1v) is 6.76. The van der Waals surface area contributed by atoms with E-state index in [-0.39, 0.29) is 16.9 Å². The lowest BCUT2D eigenvalue weighted by atomic mass is 10.1. The van der Waals surface area contributed by atoms with Gasteiger partial charge in [-0.2, -0.15) is 0 Å². The molecule has 0 aliphatic carbocycles. The third kappa shape index (κ3) is 4.00. The van der Waals surface area contributed by atoms with E-state index in [1.54, 1.807) is 18.2 Å². The molecule has 0 aliphatic rings. The second-order valence-electron chi connectivity index (χ2n) is 4.62. The van der Waals surface area contributed by atoms with Gasteiger partial charge in [-0.1, -0.05) is 6.07 Å². The molecular formula is C17H16O6. The normalized spacial score (nSPS) is 10.0. The van der Waals surface area contributed by atoms with Crippen LogP contribution in [0, 0.1) is 0 Å². The molecule has 2 rings (SSSR count). The molecule has 0 spiro atoms. The Morgan fingerprint density at radius 2 is 1.83 bits per heavy atom. The van der Waals surface area contributed by atoms with Crippen molar-refractivity contribution in [1.82, 2.24) is 0 Å². The predicted octanol–water partition coefficient (Wildman–Crippen LogP) is 2.45. The second-order valence-corrected chi connectivity index (χ2v) is 4.62. The lowest BCUT2D eigenvalue weighted by Gasteiger charge is -2.10. The highest BCUT2D eigenvalue weighted by atomic mass is 16.5. The number of phenols is 1. The van der Waals surface area contributed by atoms with Crippen LogP contribution in [-0.4, -0.2) is 37.7 Å². The number of methoxy groups -OCH3 is 2. The molecule has 0 fully saturated rings. The monoisotopic (exact) mass is 316 g/mol. The fourth-order valence-electron chi connectivity index (χ4n) is 1.95. The zero-order valence-electron chi connectivity index (χ0n) is 12.7. The molecule has 0 amide bonds. The minimum Gasteiger partial charge on any atom is -0.508 e. The maximum atomic E-state index is 12.2. The number of Topliss-reactive ketones (excluding diaryl/α,β-unsaturated/α-hetero) is 1. The standard InChI is InChI=1S/C17H16O6/c1-21-13-6-7-14(16(9-13)22-2)15(19)10-23-17(20)11-4-3-5-12(18)8-11/h3-9,18H,10H2,1-2H3. The van der Waals surface area contributed by atoms with Crippen LogP contribution in [0.3, 0.4) is 0 Å². The van der Waals surface area contributed by atoms with Gasteiger partial charge >= 0.3 is 5.97 Å². The summed E-state index contributed by atoms with van der Waals surface area (Å²) >= 11 is 0. The molecule has 0 aromatic heterocycles. The Kier molecular flexibility index (Phi) is 5.19. The topological polar surface area (TPSA) is 82.1 Å². The van der Waals surface area contributed by atoms with Crippen LogP contribution < -0.4 is 9.47 Å². The quantitative estimate of drug-likeness (QED) is 0.651. The lowest BCUT2D eigenvalue weighted by molar-refractivity contribution is 0.0473. The summed E-state index contributed by atoms with van der Waals surface area (Å²) in [6.07, 6.45) is 0. The van der Waals surface area contributed by atoms with Gasteiger partial charge in [0.05, 0.1) is 25.3 Å². The van der Waals surface area contributed by atoms with Crippen molar-refractivity contribution in [2.75, 3.05) is 20.8 Å². The van der Waals surface area contributed by atoms with E-state index in [1.807, 2.05) is 0 Å². The molecule has 120 valence electrons. The van der Waals surface area contributed by atoms with E-state index in [0.29, 0.717) is 11.5 Å². The van der Waals surface area contributed by atoms with Gasteiger partial charge in [0.1, 0.15) is 17.2 Å². The van der Waals surface area contributed by atoms with Crippen molar-refractivity contribution in [3.63, 3.8) is 0 Å². The first-order valence-electron chi connectivity index (χ1n) is 6.76. The van der Waals surface area contributed by atoms with Crippen molar-refractivity contribution in [2.45, 2.75) is 0 Å². The average molecular weight is 316 g/mol. The van der Waals surface area contributed by atoms with Crippen LogP contribution in [0.1, 0.15) is 20.7 Å². The van der Waals surface area contributed by atoms with Gasteiger partial charge in [-0.15, -0.1) is 0 Å². The Morgan fingerprint density at radius 1 is 1.04 bits per heavy atom. The minimum atomic E-state index is -0.693. The molecule has 0 bridgehead atoms. The second kappa shape index (κ2) is 7.31. The first kappa shape index (κ1) is 16.4. The number of ketones is 1. The summed E-state index contributed by atoms with van der Waals surface area (Å²) in [6, 6.07) is 10.4. The molecule has 0 unspecified atom stereocenters. The van der Waals surface area contributed by atoms with Gasteiger partial charge in [0.2, 0.25) is 5.78 Å². The van der Waals surface area contributed by atoms with E-state index in [4.69, 9.17) is 14.2 Å². The number of phenolic OH excluding ortho intramolecular Hbond substituents is 1. The third-order valence-corrected chi connectivity index (χ3v) is 3.13. The Labute approximate surface area is 133 Å². The number of benzene rings is 2. The number of carbonyl (C=O) groups is 2. The Morgan fingerprint density at radius 3 is 2.48 bits per heavy atom. The number of carbonyl (C=O) groups excluding carboxylic acids is 2. The van der Waals surface area contributed by atoms with Crippen molar-refractivity contribution in [1.29, 1.82) is 0 Å². The fourth-order valence-corrected chi connectivity index (χ4v) is 1.95. The Balaban J connectivity index is 2.06. The molecule has 6 heteroatoms. The number of rotatable bonds is 6. The van der Waals surface area contributed by atoms with Crippen LogP contribution in [-0.2, 0) is 4.74 Å². The van der Waals surface area contributed by atoms with Crippen LogP contribution in [0.15, 0.2) is 42.5 Å². The number of hydrogen-bond acceptors (Lipinski definition) is 6. The van der Waals surface area contributed by atoms with Crippen LogP contribution in [0.5, 0.6) is 17.2 Å². The maximum Gasteiger partial charge on any atom is 0.338 e. The van der Waals surface area contributed by atoms with Crippen molar-refractivity contribution in [3.8, 4) is 17.2 Å². The van der Waals surface area contributed by atoms with Crippen molar-refractivity contribution in [2.24, 2.45) is 0 Å². The molecule has 0 aliphatic heterocycles. The van der Waals surface area contributed by atoms with E-state index in [9.17, 15) is 14.7 Å². The molecule has 6 nitrogen and oxygen atoms in total. The van der Waals surface area contributed by atoms with E-state index < -0.39 is 18.4 Å². The van der Waals surface area contributed by atoms with Crippen molar-refractivity contribution >= 4 is 11.8 Å². The number of aromatic hydroxyl groups is 1. The molecular weight excluding hydrogens is 300 g/mol. The van der Waals surface area contributed by atoms with Crippen molar-refractivity contribution in [3.05, 3.63) is 53.6 Å². The molecule has 0 saturated heterocycles. The lowest BCUT2D eigenvalue weighted by Crippen LogP contribution is -2.15. The molecule has 0 heterocycles. The zero-order chi connectivity index (χ0) is 16.8. The largest absolute Gasteiger partial charge is 0.508 e. The van der Waals surface area contributed by atoms with E-state index >= 15 is 0 Å². The molecule has 0 atom stereocenters. The molecule has 0 radical (unpaired) electrons. The summed E-state index contributed by atoms with van der Waals surface area (Å²) in [6.45, 7) is -0.433. The first-order chi connectivity index (χ1) is 11.0. The highest BCUT2D eigenvalue weighted by molar-refractivity contribution is 6.01. The summed E-state index contributed by atoms with van der Waals surface area (Å²) in [5.74, 6) is -0.264. The minimum absolute atomic E-state index is 0.0531. The van der Waals surface area contributed by atoms with Gasteiger partial charge < -0.3 is 19.3 Å². The van der Waals surface area contributed by atoms with Gasteiger partial charge in [-0.25, -0.2) is 4.79 Å². The molecule has 23 heavy (non-hydrogen) atoms. The van der Waals surface area contributed by atoms with Gasteiger partial charge in [0, 0.05) is 6.07 Å². The summed E-state index contributed by atoms with van der Waals surface area (Å²) < 4.78 is 15.2. The van der Waals surface area contributed by atoms with Gasteiger partial charge in [0.15, 0.2) is 6.61 Å². The Hall–Kier alpha value is -3.02. The summed E-state index contributed by atoms with van der Waals surface area (Å²) in [5, 5.41) is 9.33. The highest BCUT2D eigenvalue weighted by Crippen LogP contribution is 2.25. The highest BCUT2D eigenvalue weighted by Gasteiger charge is 2.16. The van der Waals surface area contributed by atoms with Crippen LogP contribution in [0.4, 0.5) is 0 Å². The molecule has 2 aromatic rings. The number of ether oxygens (including phenoxy) is 3. The SMILES string of the molecule is COc1ccc(C(=O)COC(=O)c2cccc(O)c2)c(OC)c1. The fraction of sp³-hybridized carbons (Fsp3) is 0.176. The smallest absolute Gasteiger partial charge is 0.338 e. The molecule has 2 aromatic carbocycles. The number of esters is 1. The van der Waals surface area contributed by atoms with E-state index in [2.05, 4.69) is 0 Å². The average Bonchev–Trinajstić information content (AvgIpc) is 2.58. The van der Waals surface area contributed by atoms with Crippen LogP contribution in [0.25, 0.3) is 0 Å². The van der Waals surface area contributed by atoms with Gasteiger partial charge in [0.25, 0.3) is 0 Å². The van der Waals surface area contributed by atoms with Gasteiger partial charge in [-0.3, -0.25) is 4.79 Å². The zero-order valence-corrected chi connectivity index (χ0v) is 12.7. The maximum absolute atomic E-state index is 12.2. The predicted molar refractivity (Wildman–Crippen MR) is 82.3 cm³/mol. The molecule has 0 saturated carbocycles.